The van der Waals surface area contributed by atoms with Crippen LogP contribution in [0, 0.1) is 0 Å². The van der Waals surface area contributed by atoms with Gasteiger partial charge in [0.15, 0.2) is 0 Å². The number of hydrogen-bond donors (Lipinski definition) is 3. The highest BCUT2D eigenvalue weighted by atomic mass is 16.5. The topological polar surface area (TPSA) is 114 Å². The van der Waals surface area contributed by atoms with Crippen molar-refractivity contribution in [2.75, 3.05) is 26.9 Å². The van der Waals surface area contributed by atoms with Gasteiger partial charge in [-0.2, -0.15) is 0 Å². The first-order valence-corrected chi connectivity index (χ1v) is 11.6. The van der Waals surface area contributed by atoms with Crippen LogP contribution in [0.4, 0.5) is 4.79 Å². The second kappa shape index (κ2) is 12.7. The normalized spacial score (nSPS) is 13.0. The first-order chi connectivity index (χ1) is 16.5. The number of amides is 2. The molecule has 0 heterocycles. The highest BCUT2D eigenvalue weighted by Crippen LogP contribution is 2.44. The minimum atomic E-state index is -1.04. The van der Waals surface area contributed by atoms with Gasteiger partial charge in [-0.25, -0.2) is 4.79 Å². The molecular formula is C26H32N2O6. The van der Waals surface area contributed by atoms with E-state index >= 15 is 0 Å². The number of unbranched alkanes of at least 4 members (excludes halogenated alkanes) is 2. The summed E-state index contributed by atoms with van der Waals surface area (Å²) in [4.78, 5) is 36.1. The van der Waals surface area contributed by atoms with Crippen LogP contribution in [0.15, 0.2) is 48.5 Å². The molecule has 1 aliphatic rings. The molecule has 0 fully saturated rings. The standard InChI is InChI=1S/C26H32N2O6/c1-33-16-8-2-7-15-27-25(31)23(13-14-24(29)30)28-26(32)34-17-22-20-11-5-3-9-18(20)19-10-4-6-12-21(19)22/h3-6,9-12,22-23H,2,7-8,13-17H2,1H3,(H,27,31)(H,28,32)(H,29,30). The second-order valence-electron chi connectivity index (χ2n) is 8.30. The molecule has 2 amide bonds. The molecule has 0 spiro atoms. The monoisotopic (exact) mass is 468 g/mol. The summed E-state index contributed by atoms with van der Waals surface area (Å²) in [7, 11) is 1.64. The molecule has 3 N–H and O–H groups in total. The van der Waals surface area contributed by atoms with Crippen molar-refractivity contribution in [3.63, 3.8) is 0 Å². The molecule has 1 aliphatic carbocycles. The summed E-state index contributed by atoms with van der Waals surface area (Å²) in [5.74, 6) is -1.55. The lowest BCUT2D eigenvalue weighted by molar-refractivity contribution is -0.137. The van der Waals surface area contributed by atoms with Crippen molar-refractivity contribution in [2.24, 2.45) is 0 Å². The molecule has 8 nitrogen and oxygen atoms in total. The lowest BCUT2D eigenvalue weighted by atomic mass is 9.98. The van der Waals surface area contributed by atoms with Gasteiger partial charge in [0.05, 0.1) is 0 Å². The molecular weight excluding hydrogens is 436 g/mol. The van der Waals surface area contributed by atoms with E-state index in [2.05, 4.69) is 22.8 Å². The zero-order chi connectivity index (χ0) is 24.3. The van der Waals surface area contributed by atoms with Crippen LogP contribution < -0.4 is 10.6 Å². The van der Waals surface area contributed by atoms with Gasteiger partial charge < -0.3 is 25.2 Å². The predicted octanol–water partition coefficient (Wildman–Crippen LogP) is 3.69. The fourth-order valence-corrected chi connectivity index (χ4v) is 4.20. The number of alkyl carbamates (subject to hydrolysis) is 1. The third kappa shape index (κ3) is 6.81. The van der Waals surface area contributed by atoms with E-state index in [0.29, 0.717) is 13.2 Å². The summed E-state index contributed by atoms with van der Waals surface area (Å²) in [6, 6.07) is 15.0. The minimum absolute atomic E-state index is 0.0188. The number of ether oxygens (including phenoxy) is 2. The van der Waals surface area contributed by atoms with E-state index in [1.165, 1.54) is 0 Å². The Kier molecular flexibility index (Phi) is 9.46. The van der Waals surface area contributed by atoms with Crippen LogP contribution in [0.3, 0.4) is 0 Å². The van der Waals surface area contributed by atoms with Crippen molar-refractivity contribution in [2.45, 2.75) is 44.1 Å². The van der Waals surface area contributed by atoms with Crippen LogP contribution in [0.25, 0.3) is 11.1 Å². The van der Waals surface area contributed by atoms with Crippen molar-refractivity contribution in [3.05, 3.63) is 59.7 Å². The van der Waals surface area contributed by atoms with Crippen LogP contribution in [0.5, 0.6) is 0 Å². The second-order valence-corrected chi connectivity index (χ2v) is 8.30. The zero-order valence-corrected chi connectivity index (χ0v) is 19.4. The van der Waals surface area contributed by atoms with Crippen molar-refractivity contribution < 1.29 is 29.0 Å². The summed E-state index contributed by atoms with van der Waals surface area (Å²) in [6.45, 7) is 1.23. The van der Waals surface area contributed by atoms with Crippen LogP contribution in [-0.4, -0.2) is 56.0 Å². The van der Waals surface area contributed by atoms with E-state index in [1.54, 1.807) is 7.11 Å². The van der Waals surface area contributed by atoms with E-state index in [9.17, 15) is 14.4 Å². The Morgan fingerprint density at radius 3 is 2.24 bits per heavy atom. The number of aliphatic carboxylic acids is 1. The van der Waals surface area contributed by atoms with Gasteiger partial charge in [0.1, 0.15) is 12.6 Å². The molecule has 2 aromatic rings. The number of fused-ring (bicyclic) bond motifs is 3. The summed E-state index contributed by atoms with van der Waals surface area (Å²) < 4.78 is 10.5. The number of rotatable bonds is 13. The maximum atomic E-state index is 12.6. The van der Waals surface area contributed by atoms with Crippen molar-refractivity contribution in [3.8, 4) is 11.1 Å². The molecule has 0 aromatic heterocycles. The smallest absolute Gasteiger partial charge is 0.407 e. The van der Waals surface area contributed by atoms with E-state index in [0.717, 1.165) is 41.5 Å². The van der Waals surface area contributed by atoms with Crippen LogP contribution in [0.1, 0.15) is 49.1 Å². The molecule has 1 atom stereocenters. The highest BCUT2D eigenvalue weighted by molar-refractivity contribution is 5.86. The molecule has 0 saturated heterocycles. The molecule has 3 rings (SSSR count). The first-order valence-electron chi connectivity index (χ1n) is 11.6. The summed E-state index contributed by atoms with van der Waals surface area (Å²) in [5.41, 5.74) is 4.42. The highest BCUT2D eigenvalue weighted by Gasteiger charge is 2.29. The van der Waals surface area contributed by atoms with Gasteiger partial charge in [-0.3, -0.25) is 9.59 Å². The SMILES string of the molecule is COCCCCCNC(=O)C(CCC(=O)O)NC(=O)OCC1c2ccccc2-c2ccccc21. The number of carboxylic acids is 1. The van der Waals surface area contributed by atoms with Crippen molar-refractivity contribution >= 4 is 18.0 Å². The minimum Gasteiger partial charge on any atom is -0.481 e. The van der Waals surface area contributed by atoms with Gasteiger partial charge >= 0.3 is 12.1 Å². The van der Waals surface area contributed by atoms with Crippen LogP contribution in [-0.2, 0) is 19.1 Å². The van der Waals surface area contributed by atoms with Gasteiger partial charge in [-0.1, -0.05) is 48.5 Å². The lowest BCUT2D eigenvalue weighted by Crippen LogP contribution is -2.47. The Bertz CT molecular complexity index is 947. The van der Waals surface area contributed by atoms with E-state index in [4.69, 9.17) is 14.6 Å². The Hall–Kier alpha value is -3.39. The quantitative estimate of drug-likeness (QED) is 0.386. The lowest BCUT2D eigenvalue weighted by Gasteiger charge is -2.19. The molecule has 1 unspecified atom stereocenters. The van der Waals surface area contributed by atoms with Gasteiger partial charge in [0, 0.05) is 32.6 Å². The number of carboxylic acid groups (broad SMARTS) is 1. The number of hydrogen-bond acceptors (Lipinski definition) is 5. The third-order valence-corrected chi connectivity index (χ3v) is 5.92. The van der Waals surface area contributed by atoms with E-state index in [1.807, 2.05) is 36.4 Å². The summed E-state index contributed by atoms with van der Waals surface area (Å²) in [6.07, 6.45) is 1.56. The van der Waals surface area contributed by atoms with E-state index < -0.39 is 24.0 Å². The molecule has 8 heteroatoms. The first kappa shape index (κ1) is 25.2. The Labute approximate surface area is 199 Å². The molecule has 0 radical (unpaired) electrons. The van der Waals surface area contributed by atoms with Crippen LogP contribution >= 0.6 is 0 Å². The number of carbonyl (C=O) groups excluding carboxylic acids is 2. The fraction of sp³-hybridized carbons (Fsp3) is 0.423. The van der Waals surface area contributed by atoms with Gasteiger partial charge in [-0.15, -0.1) is 0 Å². The predicted molar refractivity (Wildman–Crippen MR) is 128 cm³/mol. The molecule has 0 saturated carbocycles. The molecule has 182 valence electrons. The Morgan fingerprint density at radius 2 is 1.62 bits per heavy atom. The van der Waals surface area contributed by atoms with E-state index in [-0.39, 0.29) is 25.4 Å². The Balaban J connectivity index is 1.56. The number of methoxy groups -OCH3 is 1. The molecule has 34 heavy (non-hydrogen) atoms. The van der Waals surface area contributed by atoms with Crippen molar-refractivity contribution in [1.29, 1.82) is 0 Å². The fourth-order valence-electron chi connectivity index (χ4n) is 4.20. The van der Waals surface area contributed by atoms with Crippen molar-refractivity contribution in [1.82, 2.24) is 10.6 Å². The number of nitrogens with one attached hydrogen (secondary N) is 2. The summed E-state index contributed by atoms with van der Waals surface area (Å²) >= 11 is 0. The van der Waals surface area contributed by atoms with Crippen LogP contribution in [0.2, 0.25) is 0 Å². The summed E-state index contributed by atoms with van der Waals surface area (Å²) in [5, 5.41) is 14.3. The van der Waals surface area contributed by atoms with Gasteiger partial charge in [-0.05, 0) is 47.9 Å². The van der Waals surface area contributed by atoms with Gasteiger partial charge in [0.2, 0.25) is 5.91 Å². The Morgan fingerprint density at radius 1 is 0.971 bits per heavy atom. The largest absolute Gasteiger partial charge is 0.481 e. The average molecular weight is 469 g/mol. The average Bonchev–Trinajstić information content (AvgIpc) is 3.16. The van der Waals surface area contributed by atoms with Gasteiger partial charge in [0.25, 0.3) is 0 Å². The maximum absolute atomic E-state index is 12.6. The number of benzene rings is 2. The molecule has 0 bridgehead atoms. The zero-order valence-electron chi connectivity index (χ0n) is 19.4. The number of carbonyl (C=O) groups is 3. The molecule has 0 aliphatic heterocycles. The maximum Gasteiger partial charge on any atom is 0.407 e. The molecule has 2 aromatic carbocycles. The third-order valence-electron chi connectivity index (χ3n) is 5.92.